The van der Waals surface area contributed by atoms with Crippen LogP contribution in [0.3, 0.4) is 0 Å². The number of thiophene rings is 1. The van der Waals surface area contributed by atoms with Gasteiger partial charge in [0.2, 0.25) is 0 Å². The molecule has 84 valence electrons. The Morgan fingerprint density at radius 1 is 1.31 bits per heavy atom. The molecule has 0 bridgehead atoms. The van der Waals surface area contributed by atoms with Crippen LogP contribution in [-0.2, 0) is 0 Å². The number of nitrogens with one attached hydrogen (secondary N) is 1. The van der Waals surface area contributed by atoms with Crippen LogP contribution < -0.4 is 5.32 Å². The van der Waals surface area contributed by atoms with E-state index in [9.17, 15) is 0 Å². The van der Waals surface area contributed by atoms with Gasteiger partial charge in [0, 0.05) is 4.70 Å². The van der Waals surface area contributed by atoms with Crippen LogP contribution in [0.15, 0.2) is 35.7 Å². The molecule has 0 aliphatic heterocycles. The highest BCUT2D eigenvalue weighted by Crippen LogP contribution is 2.25. The van der Waals surface area contributed by atoms with Gasteiger partial charge in [-0.25, -0.2) is 0 Å². The lowest BCUT2D eigenvalue weighted by Gasteiger charge is -1.97. The van der Waals surface area contributed by atoms with Crippen LogP contribution in [0.4, 0.5) is 0 Å². The number of hydrogen-bond donors (Lipinski definition) is 1. The van der Waals surface area contributed by atoms with E-state index in [4.69, 9.17) is 0 Å². The van der Waals surface area contributed by atoms with E-state index in [1.54, 1.807) is 0 Å². The normalized spacial score (nSPS) is 11.6. The number of fused-ring (bicyclic) bond motifs is 1. The monoisotopic (exact) mass is 231 g/mol. The van der Waals surface area contributed by atoms with Crippen molar-refractivity contribution in [2.75, 3.05) is 13.1 Å². The van der Waals surface area contributed by atoms with Gasteiger partial charge in [0.1, 0.15) is 0 Å². The second-order valence-electron chi connectivity index (χ2n) is 3.73. The summed E-state index contributed by atoms with van der Waals surface area (Å²) >= 11 is 1.82. The van der Waals surface area contributed by atoms with Gasteiger partial charge in [-0.1, -0.05) is 37.3 Å². The smallest absolute Gasteiger partial charge is 0.0414 e. The number of benzene rings is 1. The minimum absolute atomic E-state index is 1.05. The Morgan fingerprint density at radius 3 is 3.12 bits per heavy atom. The molecule has 0 fully saturated rings. The Morgan fingerprint density at radius 2 is 2.25 bits per heavy atom. The van der Waals surface area contributed by atoms with Gasteiger partial charge in [0.15, 0.2) is 0 Å². The van der Waals surface area contributed by atoms with Crippen molar-refractivity contribution >= 4 is 27.5 Å². The average molecular weight is 231 g/mol. The summed E-state index contributed by atoms with van der Waals surface area (Å²) in [6.45, 7) is 4.25. The zero-order valence-corrected chi connectivity index (χ0v) is 10.4. The first-order chi connectivity index (χ1) is 7.92. The Balaban J connectivity index is 2.06. The quantitative estimate of drug-likeness (QED) is 0.769. The summed E-state index contributed by atoms with van der Waals surface area (Å²) < 4.78 is 1.39. The van der Waals surface area contributed by atoms with Gasteiger partial charge in [-0.3, -0.25) is 0 Å². The van der Waals surface area contributed by atoms with Crippen molar-refractivity contribution in [3.63, 3.8) is 0 Å². The van der Waals surface area contributed by atoms with Gasteiger partial charge in [0.05, 0.1) is 0 Å². The topological polar surface area (TPSA) is 12.0 Å². The van der Waals surface area contributed by atoms with Crippen LogP contribution in [0.25, 0.3) is 16.2 Å². The van der Waals surface area contributed by atoms with Crippen molar-refractivity contribution < 1.29 is 0 Å². The van der Waals surface area contributed by atoms with E-state index in [2.05, 4.69) is 54.0 Å². The van der Waals surface area contributed by atoms with Crippen LogP contribution in [0.1, 0.15) is 18.9 Å². The largest absolute Gasteiger partial charge is 0.317 e. The predicted molar refractivity (Wildman–Crippen MR) is 74.0 cm³/mol. The van der Waals surface area contributed by atoms with Gasteiger partial charge in [0.25, 0.3) is 0 Å². The lowest BCUT2D eigenvalue weighted by atomic mass is 10.1. The van der Waals surface area contributed by atoms with E-state index in [0.29, 0.717) is 0 Å². The lowest BCUT2D eigenvalue weighted by Crippen LogP contribution is -2.12. The molecule has 0 saturated heterocycles. The molecule has 2 heteroatoms. The molecule has 1 heterocycles. The SMILES string of the molecule is CCNCC/C=C/c1cccc2ccsc12. The Hall–Kier alpha value is -1.12. The maximum Gasteiger partial charge on any atom is 0.0414 e. The van der Waals surface area contributed by atoms with Crippen molar-refractivity contribution in [3.05, 3.63) is 41.3 Å². The summed E-state index contributed by atoms with van der Waals surface area (Å²) in [5.74, 6) is 0. The second kappa shape index (κ2) is 5.83. The van der Waals surface area contributed by atoms with Crippen molar-refractivity contribution in [2.45, 2.75) is 13.3 Å². The van der Waals surface area contributed by atoms with Gasteiger partial charge in [-0.2, -0.15) is 0 Å². The molecule has 2 rings (SSSR count). The van der Waals surface area contributed by atoms with Crippen LogP contribution in [0, 0.1) is 0 Å². The molecule has 16 heavy (non-hydrogen) atoms. The second-order valence-corrected chi connectivity index (χ2v) is 4.65. The summed E-state index contributed by atoms with van der Waals surface area (Å²) in [5, 5.41) is 6.82. The standard InChI is InChI=1S/C14H17NS/c1-2-15-10-4-3-6-12-7-5-8-13-9-11-16-14(12)13/h3,5-9,11,15H,2,4,10H2,1H3/b6-3+. The van der Waals surface area contributed by atoms with Gasteiger partial charge in [-0.05, 0) is 41.9 Å². The molecular weight excluding hydrogens is 214 g/mol. The summed E-state index contributed by atoms with van der Waals surface area (Å²) in [6.07, 6.45) is 5.57. The third-order valence-electron chi connectivity index (χ3n) is 2.54. The highest BCUT2D eigenvalue weighted by Gasteiger charge is 1.97. The van der Waals surface area contributed by atoms with E-state index < -0.39 is 0 Å². The molecule has 0 unspecified atom stereocenters. The summed E-state index contributed by atoms with van der Waals surface area (Å²) in [7, 11) is 0. The molecule has 1 N–H and O–H groups in total. The molecular formula is C14H17NS. The molecule has 1 aromatic carbocycles. The first kappa shape index (κ1) is 11.4. The molecule has 0 amide bonds. The van der Waals surface area contributed by atoms with Crippen LogP contribution in [-0.4, -0.2) is 13.1 Å². The fourth-order valence-electron chi connectivity index (χ4n) is 1.72. The molecule has 0 radical (unpaired) electrons. The zero-order valence-electron chi connectivity index (χ0n) is 9.57. The third-order valence-corrected chi connectivity index (χ3v) is 3.52. The molecule has 1 aromatic heterocycles. The van der Waals surface area contributed by atoms with Gasteiger partial charge < -0.3 is 5.32 Å². The van der Waals surface area contributed by atoms with Crippen LogP contribution >= 0.6 is 11.3 Å². The molecule has 0 spiro atoms. The summed E-state index contributed by atoms with van der Waals surface area (Å²) in [5.41, 5.74) is 1.34. The van der Waals surface area contributed by atoms with E-state index in [1.165, 1.54) is 15.6 Å². The van der Waals surface area contributed by atoms with E-state index >= 15 is 0 Å². The van der Waals surface area contributed by atoms with Crippen molar-refractivity contribution in [3.8, 4) is 0 Å². The molecule has 2 aromatic rings. The van der Waals surface area contributed by atoms with E-state index in [0.717, 1.165) is 19.5 Å². The van der Waals surface area contributed by atoms with Crippen molar-refractivity contribution in [1.29, 1.82) is 0 Å². The maximum absolute atomic E-state index is 3.32. The highest BCUT2D eigenvalue weighted by atomic mass is 32.1. The van der Waals surface area contributed by atoms with E-state index in [-0.39, 0.29) is 0 Å². The fraction of sp³-hybridized carbons (Fsp3) is 0.286. The van der Waals surface area contributed by atoms with Crippen LogP contribution in [0.5, 0.6) is 0 Å². The maximum atomic E-state index is 3.32. The van der Waals surface area contributed by atoms with Crippen LogP contribution in [0.2, 0.25) is 0 Å². The first-order valence-corrected chi connectivity index (χ1v) is 6.63. The first-order valence-electron chi connectivity index (χ1n) is 5.75. The molecule has 0 aliphatic carbocycles. The van der Waals surface area contributed by atoms with Crippen molar-refractivity contribution in [1.82, 2.24) is 5.32 Å². The molecule has 0 atom stereocenters. The van der Waals surface area contributed by atoms with Crippen molar-refractivity contribution in [2.24, 2.45) is 0 Å². The molecule has 0 aliphatic rings. The Kier molecular flexibility index (Phi) is 4.14. The lowest BCUT2D eigenvalue weighted by molar-refractivity contribution is 0.727. The average Bonchev–Trinajstić information content (AvgIpc) is 2.77. The molecule has 1 nitrogen and oxygen atoms in total. The minimum Gasteiger partial charge on any atom is -0.317 e. The zero-order chi connectivity index (χ0) is 11.2. The van der Waals surface area contributed by atoms with E-state index in [1.807, 2.05) is 11.3 Å². The predicted octanol–water partition coefficient (Wildman–Crippen LogP) is 3.91. The molecule has 0 saturated carbocycles. The Labute approximate surface area is 101 Å². The minimum atomic E-state index is 1.05. The summed E-state index contributed by atoms with van der Waals surface area (Å²) in [4.78, 5) is 0. The summed E-state index contributed by atoms with van der Waals surface area (Å²) in [6, 6.07) is 8.65. The van der Waals surface area contributed by atoms with Gasteiger partial charge >= 0.3 is 0 Å². The Bertz CT molecular complexity index is 470. The third kappa shape index (κ3) is 2.71. The highest BCUT2D eigenvalue weighted by molar-refractivity contribution is 7.17. The number of rotatable bonds is 5. The van der Waals surface area contributed by atoms with Gasteiger partial charge in [-0.15, -0.1) is 11.3 Å². The number of hydrogen-bond acceptors (Lipinski definition) is 2. The fourth-order valence-corrected chi connectivity index (χ4v) is 2.61.